The van der Waals surface area contributed by atoms with Crippen molar-refractivity contribution in [3.05, 3.63) is 22.8 Å². The Bertz CT molecular complexity index is 343. The molecule has 0 atom stereocenters. The average molecular weight is 217 g/mol. The summed E-state index contributed by atoms with van der Waals surface area (Å²) in [5.74, 6) is -0.731. The molecule has 1 aromatic heterocycles. The molecule has 0 saturated carbocycles. The number of pyridine rings is 1. The molecular formula is C8H9ClN2O3. The number of aliphatic hydroxyl groups excluding tert-OH is 1. The van der Waals surface area contributed by atoms with E-state index in [1.165, 1.54) is 12.1 Å². The lowest BCUT2D eigenvalue weighted by molar-refractivity contribution is 0.0697. The largest absolute Gasteiger partial charge is 0.478 e. The van der Waals surface area contributed by atoms with Crippen LogP contribution in [-0.4, -0.2) is 34.3 Å². The smallest absolute Gasteiger partial charge is 0.335 e. The van der Waals surface area contributed by atoms with E-state index in [-0.39, 0.29) is 17.3 Å². The van der Waals surface area contributed by atoms with Gasteiger partial charge < -0.3 is 15.5 Å². The first kappa shape index (κ1) is 10.7. The number of carboxylic acid groups (broad SMARTS) is 1. The van der Waals surface area contributed by atoms with E-state index in [2.05, 4.69) is 10.3 Å². The molecule has 0 radical (unpaired) electrons. The van der Waals surface area contributed by atoms with E-state index in [1.54, 1.807) is 0 Å². The third-order valence-corrected chi connectivity index (χ3v) is 1.65. The van der Waals surface area contributed by atoms with E-state index in [0.29, 0.717) is 12.4 Å². The van der Waals surface area contributed by atoms with Gasteiger partial charge in [0.15, 0.2) is 0 Å². The highest BCUT2D eigenvalue weighted by Gasteiger charge is 2.06. The molecule has 14 heavy (non-hydrogen) atoms. The molecule has 5 nitrogen and oxygen atoms in total. The summed E-state index contributed by atoms with van der Waals surface area (Å²) in [6, 6.07) is 2.61. The van der Waals surface area contributed by atoms with Gasteiger partial charge in [-0.15, -0.1) is 0 Å². The molecule has 1 aromatic rings. The van der Waals surface area contributed by atoms with Crippen LogP contribution < -0.4 is 5.32 Å². The van der Waals surface area contributed by atoms with E-state index in [0.717, 1.165) is 0 Å². The molecule has 3 N–H and O–H groups in total. The summed E-state index contributed by atoms with van der Waals surface area (Å²) >= 11 is 5.60. The number of carbonyl (C=O) groups is 1. The molecule has 0 unspecified atom stereocenters. The topological polar surface area (TPSA) is 82.5 Å². The van der Waals surface area contributed by atoms with Crippen LogP contribution in [0.1, 0.15) is 10.4 Å². The maximum absolute atomic E-state index is 10.6. The van der Waals surface area contributed by atoms with Gasteiger partial charge in [-0.05, 0) is 12.1 Å². The third kappa shape index (κ3) is 2.86. The molecule has 1 heterocycles. The van der Waals surface area contributed by atoms with Crippen molar-refractivity contribution in [2.24, 2.45) is 0 Å². The Hall–Kier alpha value is -1.33. The van der Waals surface area contributed by atoms with Crippen LogP contribution in [0.5, 0.6) is 0 Å². The van der Waals surface area contributed by atoms with Crippen molar-refractivity contribution in [1.29, 1.82) is 0 Å². The van der Waals surface area contributed by atoms with Gasteiger partial charge in [0.25, 0.3) is 0 Å². The Morgan fingerprint density at radius 3 is 2.86 bits per heavy atom. The third-order valence-electron chi connectivity index (χ3n) is 1.46. The van der Waals surface area contributed by atoms with E-state index >= 15 is 0 Å². The van der Waals surface area contributed by atoms with Crippen LogP contribution in [0, 0.1) is 0 Å². The summed E-state index contributed by atoms with van der Waals surface area (Å²) in [5.41, 5.74) is 0.0606. The number of hydrogen-bond donors (Lipinski definition) is 3. The van der Waals surface area contributed by atoms with Crippen molar-refractivity contribution in [2.75, 3.05) is 18.5 Å². The summed E-state index contributed by atoms with van der Waals surface area (Å²) in [6.07, 6.45) is 0. The highest BCUT2D eigenvalue weighted by atomic mass is 35.5. The van der Waals surface area contributed by atoms with Crippen molar-refractivity contribution in [3.8, 4) is 0 Å². The molecular weight excluding hydrogens is 208 g/mol. The Morgan fingerprint density at radius 2 is 2.29 bits per heavy atom. The summed E-state index contributed by atoms with van der Waals surface area (Å²) in [7, 11) is 0. The molecule has 1 rings (SSSR count). The van der Waals surface area contributed by atoms with Crippen molar-refractivity contribution in [2.45, 2.75) is 0 Å². The normalized spacial score (nSPS) is 9.86. The summed E-state index contributed by atoms with van der Waals surface area (Å²) in [6.45, 7) is 0.239. The lowest BCUT2D eigenvalue weighted by Crippen LogP contribution is -2.08. The van der Waals surface area contributed by atoms with Crippen molar-refractivity contribution in [1.82, 2.24) is 4.98 Å². The highest BCUT2D eigenvalue weighted by Crippen LogP contribution is 2.14. The number of nitrogens with one attached hydrogen (secondary N) is 1. The molecule has 0 fully saturated rings. The molecule has 6 heteroatoms. The molecule has 0 aromatic carbocycles. The maximum Gasteiger partial charge on any atom is 0.335 e. The van der Waals surface area contributed by atoms with Gasteiger partial charge in [0.1, 0.15) is 11.0 Å². The quantitative estimate of drug-likeness (QED) is 0.650. The van der Waals surface area contributed by atoms with Crippen LogP contribution in [0.2, 0.25) is 5.15 Å². The summed E-state index contributed by atoms with van der Waals surface area (Å²) < 4.78 is 0. The molecule has 0 aliphatic rings. The van der Waals surface area contributed by atoms with Gasteiger partial charge >= 0.3 is 5.97 Å². The fraction of sp³-hybridized carbons (Fsp3) is 0.250. The SMILES string of the molecule is O=C(O)c1cc(Cl)nc(NCCO)c1. The van der Waals surface area contributed by atoms with E-state index in [4.69, 9.17) is 21.8 Å². The Kier molecular flexibility index (Phi) is 3.67. The number of anilines is 1. The predicted molar refractivity (Wildman–Crippen MR) is 51.8 cm³/mol. The lowest BCUT2D eigenvalue weighted by Gasteiger charge is -2.04. The fourth-order valence-corrected chi connectivity index (χ4v) is 1.10. The van der Waals surface area contributed by atoms with Crippen LogP contribution in [-0.2, 0) is 0 Å². The number of hydrogen-bond acceptors (Lipinski definition) is 4. The number of aromatic nitrogens is 1. The van der Waals surface area contributed by atoms with Crippen molar-refractivity contribution in [3.63, 3.8) is 0 Å². The standard InChI is InChI=1S/C8H9ClN2O3/c9-6-3-5(8(13)14)4-7(11-6)10-1-2-12/h3-4,12H,1-2H2,(H,10,11)(H,13,14). The van der Waals surface area contributed by atoms with Gasteiger partial charge in [-0.1, -0.05) is 11.6 Å². The minimum Gasteiger partial charge on any atom is -0.478 e. The number of rotatable bonds is 4. The van der Waals surface area contributed by atoms with E-state index < -0.39 is 5.97 Å². The molecule has 0 aliphatic heterocycles. The maximum atomic E-state index is 10.6. The van der Waals surface area contributed by atoms with Gasteiger partial charge in [0, 0.05) is 6.54 Å². The zero-order valence-corrected chi connectivity index (χ0v) is 7.95. The van der Waals surface area contributed by atoms with Crippen molar-refractivity contribution < 1.29 is 15.0 Å². The minimum atomic E-state index is -1.07. The monoisotopic (exact) mass is 216 g/mol. The number of nitrogens with zero attached hydrogens (tertiary/aromatic N) is 1. The second kappa shape index (κ2) is 4.78. The molecule has 0 bridgehead atoms. The molecule has 76 valence electrons. The number of halogens is 1. The van der Waals surface area contributed by atoms with Crippen LogP contribution in [0.25, 0.3) is 0 Å². The van der Waals surface area contributed by atoms with Gasteiger partial charge in [0.2, 0.25) is 0 Å². The number of aromatic carboxylic acids is 1. The van der Waals surface area contributed by atoms with Gasteiger partial charge in [-0.2, -0.15) is 0 Å². The highest BCUT2D eigenvalue weighted by molar-refractivity contribution is 6.29. The van der Waals surface area contributed by atoms with E-state index in [9.17, 15) is 4.79 Å². The van der Waals surface area contributed by atoms with Gasteiger partial charge in [-0.25, -0.2) is 9.78 Å². The number of carboxylic acids is 1. The zero-order valence-electron chi connectivity index (χ0n) is 7.20. The second-order valence-corrected chi connectivity index (χ2v) is 2.91. The average Bonchev–Trinajstić information content (AvgIpc) is 2.14. The molecule has 0 spiro atoms. The first-order chi connectivity index (χ1) is 6.63. The Balaban J connectivity index is 2.89. The Morgan fingerprint density at radius 1 is 1.57 bits per heavy atom. The summed E-state index contributed by atoms with van der Waals surface area (Å²) in [5, 5.41) is 20.1. The summed E-state index contributed by atoms with van der Waals surface area (Å²) in [4.78, 5) is 14.4. The van der Waals surface area contributed by atoms with Gasteiger partial charge in [0.05, 0.1) is 12.2 Å². The minimum absolute atomic E-state index is 0.0589. The molecule has 0 aliphatic carbocycles. The first-order valence-corrected chi connectivity index (χ1v) is 4.27. The second-order valence-electron chi connectivity index (χ2n) is 2.52. The van der Waals surface area contributed by atoms with E-state index in [1.807, 2.05) is 0 Å². The fourth-order valence-electron chi connectivity index (χ4n) is 0.895. The van der Waals surface area contributed by atoms with Crippen LogP contribution in [0.3, 0.4) is 0 Å². The first-order valence-electron chi connectivity index (χ1n) is 3.89. The lowest BCUT2D eigenvalue weighted by atomic mass is 10.2. The van der Waals surface area contributed by atoms with Crippen LogP contribution >= 0.6 is 11.6 Å². The Labute approximate surface area is 85.3 Å². The molecule has 0 amide bonds. The molecule has 0 saturated heterocycles. The predicted octanol–water partition coefficient (Wildman–Crippen LogP) is 0.837. The van der Waals surface area contributed by atoms with Crippen LogP contribution in [0.15, 0.2) is 12.1 Å². The number of aliphatic hydroxyl groups is 1. The van der Waals surface area contributed by atoms with Crippen LogP contribution in [0.4, 0.5) is 5.82 Å². The zero-order chi connectivity index (χ0) is 10.6. The van der Waals surface area contributed by atoms with Gasteiger partial charge in [-0.3, -0.25) is 0 Å². The van der Waals surface area contributed by atoms with Crippen molar-refractivity contribution >= 4 is 23.4 Å².